The molecular formula is C15H24N2O2S. The van der Waals surface area contributed by atoms with Crippen molar-refractivity contribution >= 4 is 17.2 Å². The lowest BCUT2D eigenvalue weighted by Gasteiger charge is -2.29. The summed E-state index contributed by atoms with van der Waals surface area (Å²) >= 11 is 1.66. The van der Waals surface area contributed by atoms with Gasteiger partial charge in [0.05, 0.1) is 23.2 Å². The van der Waals surface area contributed by atoms with E-state index in [0.29, 0.717) is 6.42 Å². The first-order chi connectivity index (χ1) is 9.60. The number of hydrogen-bond acceptors (Lipinski definition) is 4. The van der Waals surface area contributed by atoms with Crippen LogP contribution in [0.15, 0.2) is 0 Å². The third-order valence-electron chi connectivity index (χ3n) is 3.75. The second-order valence-corrected chi connectivity index (χ2v) is 6.74. The minimum atomic E-state index is 0.162. The van der Waals surface area contributed by atoms with E-state index in [-0.39, 0.29) is 12.0 Å². The van der Waals surface area contributed by atoms with Gasteiger partial charge in [0.2, 0.25) is 5.91 Å². The van der Waals surface area contributed by atoms with Gasteiger partial charge in [-0.3, -0.25) is 4.79 Å². The summed E-state index contributed by atoms with van der Waals surface area (Å²) in [6, 6.07) is 0. The van der Waals surface area contributed by atoms with Gasteiger partial charge < -0.3 is 9.64 Å². The number of aryl methyl sites for hydroxylation is 2. The molecule has 0 aromatic carbocycles. The van der Waals surface area contributed by atoms with Crippen LogP contribution in [0.25, 0.3) is 0 Å². The summed E-state index contributed by atoms with van der Waals surface area (Å²) in [7, 11) is 0. The number of hydrogen-bond donors (Lipinski definition) is 0. The van der Waals surface area contributed by atoms with Gasteiger partial charge in [0, 0.05) is 24.6 Å². The van der Waals surface area contributed by atoms with Crippen LogP contribution in [0.1, 0.15) is 41.8 Å². The topological polar surface area (TPSA) is 42.4 Å². The Morgan fingerprint density at radius 3 is 2.80 bits per heavy atom. The number of aromatic nitrogens is 1. The quantitative estimate of drug-likeness (QED) is 0.839. The summed E-state index contributed by atoms with van der Waals surface area (Å²) in [5, 5.41) is 1.03. The van der Waals surface area contributed by atoms with Gasteiger partial charge in [-0.1, -0.05) is 0 Å². The normalized spacial score (nSPS) is 19.1. The van der Waals surface area contributed by atoms with Crippen molar-refractivity contribution in [2.45, 2.75) is 52.6 Å². The van der Waals surface area contributed by atoms with Crippen molar-refractivity contribution in [3.8, 4) is 0 Å². The highest BCUT2D eigenvalue weighted by Crippen LogP contribution is 2.18. The van der Waals surface area contributed by atoms with E-state index in [2.05, 4.69) is 4.98 Å². The van der Waals surface area contributed by atoms with E-state index >= 15 is 0 Å². The average molecular weight is 296 g/mol. The van der Waals surface area contributed by atoms with Crippen LogP contribution in [0.3, 0.4) is 0 Å². The molecule has 0 aliphatic carbocycles. The molecule has 1 aliphatic rings. The van der Waals surface area contributed by atoms with Crippen molar-refractivity contribution in [2.75, 3.05) is 19.7 Å². The number of carbonyl (C=O) groups is 1. The van der Waals surface area contributed by atoms with Crippen LogP contribution in [0.2, 0.25) is 0 Å². The second kappa shape index (κ2) is 7.18. The summed E-state index contributed by atoms with van der Waals surface area (Å²) in [5.41, 5.74) is 0.931. The molecule has 0 bridgehead atoms. The number of rotatable bonds is 5. The molecule has 1 aromatic heterocycles. The minimum absolute atomic E-state index is 0.162. The maximum atomic E-state index is 12.4. The number of likely N-dealkylation sites (N-methyl/N-ethyl adjacent to an activating group) is 1. The first kappa shape index (κ1) is 15.4. The zero-order valence-electron chi connectivity index (χ0n) is 12.6. The Hall–Kier alpha value is -0.940. The lowest BCUT2D eigenvalue weighted by Crippen LogP contribution is -2.40. The first-order valence-electron chi connectivity index (χ1n) is 7.42. The molecule has 20 heavy (non-hydrogen) atoms. The summed E-state index contributed by atoms with van der Waals surface area (Å²) in [6.07, 6.45) is 4.05. The lowest BCUT2D eigenvalue weighted by molar-refractivity contribution is -0.133. The number of amides is 1. The van der Waals surface area contributed by atoms with Gasteiger partial charge in [0.25, 0.3) is 0 Å². The van der Waals surface area contributed by atoms with Gasteiger partial charge in [-0.2, -0.15) is 0 Å². The number of nitrogens with zero attached hydrogens (tertiary/aromatic N) is 2. The number of carbonyl (C=O) groups excluding carboxylic acids is 1. The molecule has 0 N–H and O–H groups in total. The molecule has 1 amide bonds. The van der Waals surface area contributed by atoms with Crippen LogP contribution in [-0.2, 0) is 16.0 Å². The molecule has 2 rings (SSSR count). The largest absolute Gasteiger partial charge is 0.376 e. The summed E-state index contributed by atoms with van der Waals surface area (Å²) in [5.74, 6) is 0.162. The van der Waals surface area contributed by atoms with E-state index in [1.165, 1.54) is 6.42 Å². The average Bonchev–Trinajstić information content (AvgIpc) is 2.75. The van der Waals surface area contributed by atoms with E-state index < -0.39 is 0 Å². The molecule has 1 aliphatic heterocycles. The van der Waals surface area contributed by atoms with Gasteiger partial charge in [-0.05, 0) is 40.0 Å². The standard InChI is InChI=1S/C15H24N2O2S/c1-4-17(10-13-7-5-6-8-19-13)15(18)9-14-11(2)20-12(3)16-14/h13H,4-10H2,1-3H3/t13-/m0/s1. The summed E-state index contributed by atoms with van der Waals surface area (Å²) in [4.78, 5) is 19.9. The van der Waals surface area contributed by atoms with Crippen molar-refractivity contribution in [1.29, 1.82) is 0 Å². The maximum Gasteiger partial charge on any atom is 0.228 e. The molecule has 112 valence electrons. The molecule has 1 atom stereocenters. The summed E-state index contributed by atoms with van der Waals surface area (Å²) in [6.45, 7) is 8.34. The predicted molar refractivity (Wildman–Crippen MR) is 81.1 cm³/mol. The van der Waals surface area contributed by atoms with Gasteiger partial charge in [-0.15, -0.1) is 11.3 Å². The van der Waals surface area contributed by atoms with Crippen molar-refractivity contribution in [2.24, 2.45) is 0 Å². The van der Waals surface area contributed by atoms with Gasteiger partial charge in [0.1, 0.15) is 0 Å². The minimum Gasteiger partial charge on any atom is -0.376 e. The fourth-order valence-corrected chi connectivity index (χ4v) is 3.43. The SMILES string of the molecule is CCN(C[C@@H]1CCCCO1)C(=O)Cc1nc(C)sc1C. The van der Waals surface area contributed by atoms with Crippen LogP contribution in [0.4, 0.5) is 0 Å². The molecular weight excluding hydrogens is 272 g/mol. The number of thiazole rings is 1. The fraction of sp³-hybridized carbons (Fsp3) is 0.733. The van der Waals surface area contributed by atoms with Gasteiger partial charge >= 0.3 is 0 Å². The smallest absolute Gasteiger partial charge is 0.228 e. The molecule has 4 nitrogen and oxygen atoms in total. The lowest BCUT2D eigenvalue weighted by atomic mass is 10.1. The number of ether oxygens (including phenoxy) is 1. The third kappa shape index (κ3) is 4.03. The molecule has 0 spiro atoms. The molecule has 1 fully saturated rings. The molecule has 1 aromatic rings. The van der Waals surface area contributed by atoms with Crippen molar-refractivity contribution in [3.05, 3.63) is 15.6 Å². The monoisotopic (exact) mass is 296 g/mol. The van der Waals surface area contributed by atoms with E-state index in [9.17, 15) is 4.79 Å². The van der Waals surface area contributed by atoms with Crippen LogP contribution < -0.4 is 0 Å². The third-order valence-corrected chi connectivity index (χ3v) is 4.68. The Labute approximate surface area is 125 Å². The van der Waals surface area contributed by atoms with Crippen LogP contribution in [-0.4, -0.2) is 41.6 Å². The van der Waals surface area contributed by atoms with E-state index in [1.54, 1.807) is 11.3 Å². The highest BCUT2D eigenvalue weighted by molar-refractivity contribution is 7.11. The van der Waals surface area contributed by atoms with Crippen molar-refractivity contribution in [1.82, 2.24) is 9.88 Å². The van der Waals surface area contributed by atoms with E-state index in [4.69, 9.17) is 4.74 Å². The Morgan fingerprint density at radius 1 is 1.45 bits per heavy atom. The molecule has 0 unspecified atom stereocenters. The highest BCUT2D eigenvalue weighted by Gasteiger charge is 2.21. The van der Waals surface area contributed by atoms with E-state index in [0.717, 1.165) is 48.1 Å². The maximum absolute atomic E-state index is 12.4. The Kier molecular flexibility index (Phi) is 5.54. The molecule has 1 saturated heterocycles. The molecule has 0 saturated carbocycles. The van der Waals surface area contributed by atoms with Crippen LogP contribution in [0.5, 0.6) is 0 Å². The molecule has 5 heteroatoms. The second-order valence-electron chi connectivity index (χ2n) is 5.33. The van der Waals surface area contributed by atoms with Gasteiger partial charge in [-0.25, -0.2) is 4.98 Å². The van der Waals surface area contributed by atoms with Crippen molar-refractivity contribution in [3.63, 3.8) is 0 Å². The molecule has 0 radical (unpaired) electrons. The van der Waals surface area contributed by atoms with E-state index in [1.807, 2.05) is 25.7 Å². The fourth-order valence-electron chi connectivity index (χ4n) is 2.60. The van der Waals surface area contributed by atoms with Gasteiger partial charge in [0.15, 0.2) is 0 Å². The first-order valence-corrected chi connectivity index (χ1v) is 8.24. The van der Waals surface area contributed by atoms with Crippen molar-refractivity contribution < 1.29 is 9.53 Å². The van der Waals surface area contributed by atoms with Crippen LogP contribution in [0, 0.1) is 13.8 Å². The van der Waals surface area contributed by atoms with Crippen LogP contribution >= 0.6 is 11.3 Å². The zero-order valence-corrected chi connectivity index (χ0v) is 13.5. The Morgan fingerprint density at radius 2 is 2.25 bits per heavy atom. The Balaban J connectivity index is 1.92. The summed E-state index contributed by atoms with van der Waals surface area (Å²) < 4.78 is 5.73. The highest BCUT2D eigenvalue weighted by atomic mass is 32.1. The molecule has 2 heterocycles. The predicted octanol–water partition coefficient (Wildman–Crippen LogP) is 2.72. The zero-order chi connectivity index (χ0) is 14.5. The Bertz CT molecular complexity index is 453.